The largest absolute Gasteiger partial charge is 0.387 e. The molecule has 70 valence electrons. The standard InChI is InChI=1S/C10H12ClNO/c11-8-2-1-7-3-4-12-6-10(13)9(7)5-8/h1-2,5,10,12-13H,3-4,6H2/t10-/m1/s1. The molecule has 0 radical (unpaired) electrons. The van der Waals surface area contributed by atoms with Gasteiger partial charge in [0.1, 0.15) is 0 Å². The highest BCUT2D eigenvalue weighted by atomic mass is 35.5. The fourth-order valence-electron chi connectivity index (χ4n) is 1.68. The Morgan fingerprint density at radius 3 is 3.15 bits per heavy atom. The minimum atomic E-state index is -0.420. The van der Waals surface area contributed by atoms with E-state index in [1.165, 1.54) is 5.56 Å². The molecule has 1 aliphatic rings. The number of nitrogens with one attached hydrogen (secondary N) is 1. The summed E-state index contributed by atoms with van der Waals surface area (Å²) in [6.07, 6.45) is 0.542. The summed E-state index contributed by atoms with van der Waals surface area (Å²) in [5, 5.41) is 13.6. The van der Waals surface area contributed by atoms with E-state index in [1.54, 1.807) is 0 Å². The van der Waals surface area contributed by atoms with Crippen molar-refractivity contribution in [2.75, 3.05) is 13.1 Å². The molecule has 1 heterocycles. The minimum absolute atomic E-state index is 0.420. The van der Waals surface area contributed by atoms with Gasteiger partial charge in [0.25, 0.3) is 0 Å². The highest BCUT2D eigenvalue weighted by molar-refractivity contribution is 6.30. The van der Waals surface area contributed by atoms with Gasteiger partial charge in [-0.25, -0.2) is 0 Å². The molecule has 0 amide bonds. The summed E-state index contributed by atoms with van der Waals surface area (Å²) in [5.41, 5.74) is 2.17. The summed E-state index contributed by atoms with van der Waals surface area (Å²) >= 11 is 5.86. The quantitative estimate of drug-likeness (QED) is 0.661. The molecule has 1 atom stereocenters. The van der Waals surface area contributed by atoms with Crippen LogP contribution in [-0.2, 0) is 6.42 Å². The zero-order valence-corrected chi connectivity index (χ0v) is 8.01. The van der Waals surface area contributed by atoms with Crippen LogP contribution >= 0.6 is 11.6 Å². The van der Waals surface area contributed by atoms with Crippen LogP contribution in [0.25, 0.3) is 0 Å². The van der Waals surface area contributed by atoms with Crippen LogP contribution in [0.3, 0.4) is 0 Å². The van der Waals surface area contributed by atoms with Crippen LogP contribution < -0.4 is 5.32 Å². The lowest BCUT2D eigenvalue weighted by Crippen LogP contribution is -2.19. The van der Waals surface area contributed by atoms with Crippen LogP contribution in [0.4, 0.5) is 0 Å². The summed E-state index contributed by atoms with van der Waals surface area (Å²) in [6.45, 7) is 1.54. The van der Waals surface area contributed by atoms with Crippen LogP contribution in [0.15, 0.2) is 18.2 Å². The molecular formula is C10H12ClNO. The van der Waals surface area contributed by atoms with Gasteiger partial charge >= 0.3 is 0 Å². The van der Waals surface area contributed by atoms with Crippen molar-refractivity contribution >= 4 is 11.6 Å². The topological polar surface area (TPSA) is 32.3 Å². The van der Waals surface area contributed by atoms with E-state index >= 15 is 0 Å². The first-order valence-electron chi connectivity index (χ1n) is 4.44. The molecule has 1 aliphatic heterocycles. The molecular weight excluding hydrogens is 186 g/mol. The number of aliphatic hydroxyl groups is 1. The maximum absolute atomic E-state index is 9.74. The third kappa shape index (κ3) is 1.85. The molecule has 0 unspecified atom stereocenters. The van der Waals surface area contributed by atoms with E-state index < -0.39 is 6.10 Å². The fourth-order valence-corrected chi connectivity index (χ4v) is 1.86. The summed E-state index contributed by atoms with van der Waals surface area (Å²) in [5.74, 6) is 0. The van der Waals surface area contributed by atoms with Gasteiger partial charge in [-0.05, 0) is 36.2 Å². The number of benzene rings is 1. The maximum Gasteiger partial charge on any atom is 0.0917 e. The molecule has 1 aromatic rings. The lowest BCUT2D eigenvalue weighted by Gasteiger charge is -2.10. The van der Waals surface area contributed by atoms with Crippen molar-refractivity contribution in [2.24, 2.45) is 0 Å². The number of rotatable bonds is 0. The van der Waals surface area contributed by atoms with Gasteiger partial charge in [-0.1, -0.05) is 17.7 Å². The van der Waals surface area contributed by atoms with E-state index in [4.69, 9.17) is 11.6 Å². The van der Waals surface area contributed by atoms with E-state index in [0.717, 1.165) is 18.5 Å². The van der Waals surface area contributed by atoms with Gasteiger partial charge in [0.05, 0.1) is 6.10 Å². The Balaban J connectivity index is 2.43. The fraction of sp³-hybridized carbons (Fsp3) is 0.400. The first kappa shape index (κ1) is 9.00. The van der Waals surface area contributed by atoms with Gasteiger partial charge in [-0.2, -0.15) is 0 Å². The van der Waals surface area contributed by atoms with E-state index in [9.17, 15) is 5.11 Å². The van der Waals surface area contributed by atoms with Gasteiger partial charge in [0, 0.05) is 11.6 Å². The van der Waals surface area contributed by atoms with Crippen LogP contribution in [0.5, 0.6) is 0 Å². The van der Waals surface area contributed by atoms with Crippen molar-refractivity contribution in [3.63, 3.8) is 0 Å². The molecule has 0 spiro atoms. The summed E-state index contributed by atoms with van der Waals surface area (Å²) in [7, 11) is 0. The number of aliphatic hydroxyl groups excluding tert-OH is 1. The molecule has 2 nitrogen and oxygen atoms in total. The van der Waals surface area contributed by atoms with Gasteiger partial charge < -0.3 is 10.4 Å². The number of fused-ring (bicyclic) bond motifs is 1. The van der Waals surface area contributed by atoms with Crippen molar-refractivity contribution < 1.29 is 5.11 Å². The zero-order chi connectivity index (χ0) is 9.26. The first-order chi connectivity index (χ1) is 6.27. The zero-order valence-electron chi connectivity index (χ0n) is 7.26. The van der Waals surface area contributed by atoms with Crippen molar-refractivity contribution in [3.05, 3.63) is 34.3 Å². The summed E-state index contributed by atoms with van der Waals surface area (Å²) in [6, 6.07) is 5.72. The maximum atomic E-state index is 9.74. The highest BCUT2D eigenvalue weighted by Crippen LogP contribution is 2.23. The normalized spacial score (nSPS) is 22.2. The molecule has 0 fully saturated rings. The average Bonchev–Trinajstić information content (AvgIpc) is 2.29. The van der Waals surface area contributed by atoms with Crippen LogP contribution in [-0.4, -0.2) is 18.2 Å². The van der Waals surface area contributed by atoms with E-state index in [1.807, 2.05) is 18.2 Å². The Hall–Kier alpha value is -0.570. The Morgan fingerprint density at radius 1 is 1.46 bits per heavy atom. The minimum Gasteiger partial charge on any atom is -0.387 e. The second-order valence-corrected chi connectivity index (χ2v) is 3.75. The Bertz CT molecular complexity index is 314. The molecule has 0 bridgehead atoms. The smallest absolute Gasteiger partial charge is 0.0917 e. The van der Waals surface area contributed by atoms with Crippen molar-refractivity contribution in [3.8, 4) is 0 Å². The molecule has 2 rings (SSSR count). The lowest BCUT2D eigenvalue weighted by molar-refractivity contribution is 0.178. The Kier molecular flexibility index (Phi) is 2.54. The summed E-state index contributed by atoms with van der Waals surface area (Å²) in [4.78, 5) is 0. The van der Waals surface area contributed by atoms with E-state index in [0.29, 0.717) is 11.6 Å². The predicted molar refractivity (Wildman–Crippen MR) is 53.0 cm³/mol. The van der Waals surface area contributed by atoms with Gasteiger partial charge in [-0.15, -0.1) is 0 Å². The molecule has 1 aromatic carbocycles. The van der Waals surface area contributed by atoms with Crippen LogP contribution in [0.1, 0.15) is 17.2 Å². The Morgan fingerprint density at radius 2 is 2.31 bits per heavy atom. The predicted octanol–water partition coefficient (Wildman–Crippen LogP) is 1.52. The third-order valence-corrected chi connectivity index (χ3v) is 2.61. The molecule has 3 heteroatoms. The average molecular weight is 198 g/mol. The van der Waals surface area contributed by atoms with Gasteiger partial charge in [-0.3, -0.25) is 0 Å². The molecule has 0 aromatic heterocycles. The monoisotopic (exact) mass is 197 g/mol. The highest BCUT2D eigenvalue weighted by Gasteiger charge is 2.15. The van der Waals surface area contributed by atoms with E-state index in [-0.39, 0.29) is 0 Å². The molecule has 0 saturated carbocycles. The number of hydrogen-bond donors (Lipinski definition) is 2. The molecule has 0 aliphatic carbocycles. The molecule has 0 saturated heterocycles. The third-order valence-electron chi connectivity index (χ3n) is 2.38. The molecule has 2 N–H and O–H groups in total. The van der Waals surface area contributed by atoms with E-state index in [2.05, 4.69) is 5.32 Å². The van der Waals surface area contributed by atoms with Crippen molar-refractivity contribution in [2.45, 2.75) is 12.5 Å². The number of hydrogen-bond acceptors (Lipinski definition) is 2. The van der Waals surface area contributed by atoms with Crippen LogP contribution in [0.2, 0.25) is 5.02 Å². The lowest BCUT2D eigenvalue weighted by atomic mass is 10.0. The second-order valence-electron chi connectivity index (χ2n) is 3.31. The summed E-state index contributed by atoms with van der Waals surface area (Å²) < 4.78 is 0. The van der Waals surface area contributed by atoms with Crippen molar-refractivity contribution in [1.29, 1.82) is 0 Å². The van der Waals surface area contributed by atoms with Gasteiger partial charge in [0.15, 0.2) is 0 Å². The van der Waals surface area contributed by atoms with Crippen LogP contribution in [0, 0.1) is 0 Å². The second kappa shape index (κ2) is 3.66. The van der Waals surface area contributed by atoms with Gasteiger partial charge in [0.2, 0.25) is 0 Å². The molecule has 13 heavy (non-hydrogen) atoms. The first-order valence-corrected chi connectivity index (χ1v) is 4.82. The van der Waals surface area contributed by atoms with Crippen molar-refractivity contribution in [1.82, 2.24) is 5.32 Å². The SMILES string of the molecule is O[C@@H]1CNCCc2ccc(Cl)cc21. The Labute approximate surface area is 82.5 Å². The number of halogens is 1. The number of β-amino-alcohol motifs (C(OH)–C–C–N with tert-alkyl or cyclic N) is 1.